The van der Waals surface area contributed by atoms with Gasteiger partial charge in [-0.2, -0.15) is 17.5 Å². The van der Waals surface area contributed by atoms with Gasteiger partial charge in [0.2, 0.25) is 0 Å². The Labute approximate surface area is 263 Å². The molecule has 1 aliphatic carbocycles. The van der Waals surface area contributed by atoms with Crippen LogP contribution in [0.3, 0.4) is 0 Å². The number of benzene rings is 3. The van der Waals surface area contributed by atoms with Gasteiger partial charge in [-0.25, -0.2) is 0 Å². The second-order valence-electron chi connectivity index (χ2n) is 12.6. The largest absolute Gasteiger partial charge is 0.168 e. The van der Waals surface area contributed by atoms with Crippen LogP contribution >= 0.6 is 0 Å². The maximum absolute atomic E-state index is 2.38. The molecule has 0 atom stereocenters. The molecule has 39 heavy (non-hydrogen) atoms. The molecule has 3 heteroatoms. The van der Waals surface area contributed by atoms with E-state index in [0.717, 1.165) is 0 Å². The maximum Gasteiger partial charge on any atom is -0.0809 e. The van der Waals surface area contributed by atoms with E-state index in [-0.39, 0.29) is 35.6 Å². The quantitative estimate of drug-likeness (QED) is 0.219. The van der Waals surface area contributed by atoms with E-state index in [1.807, 2.05) is 0 Å². The summed E-state index contributed by atoms with van der Waals surface area (Å²) in [5.41, 5.74) is 3.20. The summed E-state index contributed by atoms with van der Waals surface area (Å²) in [6.45, 7) is 13.7. The SMILES string of the molecule is CC(C)(C)c1ccc2[cH-]c3ccc(C(C)(C)C)cc3c2c1.[Cl-].[Cl-].[Zr+2]=[C]1CCCCC1.c1ccc2[cH-]ccc2c1. The first-order valence-electron chi connectivity index (χ1n) is 13.8. The number of hydrogen-bond acceptors (Lipinski definition) is 0. The fourth-order valence-corrected chi connectivity index (χ4v) is 5.85. The predicted octanol–water partition coefficient (Wildman–Crippen LogP) is 4.54. The van der Waals surface area contributed by atoms with Gasteiger partial charge in [0.15, 0.2) is 0 Å². The Kier molecular flexibility index (Phi) is 12.4. The zero-order chi connectivity index (χ0) is 26.6. The molecule has 5 aromatic carbocycles. The third-order valence-corrected chi connectivity index (χ3v) is 8.67. The summed E-state index contributed by atoms with van der Waals surface area (Å²) >= 11 is 1.69. The van der Waals surface area contributed by atoms with E-state index < -0.39 is 0 Å². The normalized spacial score (nSPS) is 13.6. The third-order valence-electron chi connectivity index (χ3n) is 7.44. The Bertz CT molecular complexity index is 1380. The first-order valence-corrected chi connectivity index (χ1v) is 15.1. The van der Waals surface area contributed by atoms with Crippen molar-refractivity contribution in [2.75, 3.05) is 0 Å². The summed E-state index contributed by atoms with van der Waals surface area (Å²) in [4.78, 5) is 0. The number of fused-ring (bicyclic) bond motifs is 4. The fourth-order valence-electron chi connectivity index (χ4n) is 4.98. The Hall–Kier alpha value is -1.53. The smallest absolute Gasteiger partial charge is 0.0809 e. The van der Waals surface area contributed by atoms with Crippen LogP contribution in [-0.4, -0.2) is 3.21 Å². The molecule has 0 saturated heterocycles. The molecule has 0 aromatic heterocycles. The van der Waals surface area contributed by atoms with Gasteiger partial charge in [0.05, 0.1) is 0 Å². The van der Waals surface area contributed by atoms with E-state index in [0.29, 0.717) is 0 Å². The van der Waals surface area contributed by atoms with Crippen LogP contribution in [0.25, 0.3) is 32.3 Å². The minimum absolute atomic E-state index is 0. The Morgan fingerprint density at radius 3 is 1.56 bits per heavy atom. The molecule has 0 aliphatic heterocycles. The fraction of sp³-hybridized carbons (Fsp3) is 0.361. The van der Waals surface area contributed by atoms with Gasteiger partial charge >= 0.3 is 59.5 Å². The van der Waals surface area contributed by atoms with Crippen LogP contribution in [0.4, 0.5) is 0 Å². The van der Waals surface area contributed by atoms with Crippen LogP contribution in [0.5, 0.6) is 0 Å². The zero-order valence-corrected chi connectivity index (χ0v) is 28.3. The average Bonchev–Trinajstić information content (AvgIpc) is 3.48. The summed E-state index contributed by atoms with van der Waals surface area (Å²) in [7, 11) is 0. The molecule has 0 N–H and O–H groups in total. The van der Waals surface area contributed by atoms with E-state index in [1.54, 1.807) is 27.4 Å². The maximum atomic E-state index is 2.38. The molecule has 1 aliphatic rings. The molecule has 1 fully saturated rings. The van der Waals surface area contributed by atoms with Gasteiger partial charge in [0.1, 0.15) is 0 Å². The third kappa shape index (κ3) is 8.98. The standard InChI is InChI=1S/C21H25.C9H7.C6H10.2ClH.Zr/c1-20(2,3)16-9-7-14-11-15-8-10-17(21(4,5)6)13-19(15)18(14)12-16;1-2-5-9-7-3-6-8(9)4-1;1-2-4-6-5-3-1;;;/h7-13H,1-6H3;1-7H;1-5H2;2*1H;/q2*-1;;;;+2/p-2. The number of rotatable bonds is 0. The van der Waals surface area contributed by atoms with Crippen molar-refractivity contribution in [3.05, 3.63) is 96.1 Å². The van der Waals surface area contributed by atoms with Crippen molar-refractivity contribution >= 4 is 35.5 Å². The van der Waals surface area contributed by atoms with Crippen LogP contribution in [-0.2, 0) is 35.1 Å². The van der Waals surface area contributed by atoms with Gasteiger partial charge in [-0.3, -0.25) is 0 Å². The van der Waals surface area contributed by atoms with Gasteiger partial charge < -0.3 is 24.8 Å². The zero-order valence-electron chi connectivity index (χ0n) is 24.4. The van der Waals surface area contributed by atoms with E-state index in [2.05, 4.69) is 126 Å². The van der Waals surface area contributed by atoms with Crippen molar-refractivity contribution in [1.29, 1.82) is 0 Å². The molecule has 1 saturated carbocycles. The van der Waals surface area contributed by atoms with Crippen LogP contribution in [0.1, 0.15) is 84.8 Å². The Morgan fingerprint density at radius 1 is 0.615 bits per heavy atom. The molecule has 0 radical (unpaired) electrons. The van der Waals surface area contributed by atoms with Gasteiger partial charge in [-0.05, 0) is 10.8 Å². The van der Waals surface area contributed by atoms with Crippen molar-refractivity contribution in [2.45, 2.75) is 84.5 Å². The molecule has 0 amide bonds. The summed E-state index contributed by atoms with van der Waals surface area (Å²) in [6.07, 6.45) is 7.32. The molecular formula is C36H42Cl2Zr-2. The predicted molar refractivity (Wildman–Crippen MR) is 162 cm³/mol. The number of hydrogen-bond donors (Lipinski definition) is 0. The second-order valence-corrected chi connectivity index (χ2v) is 14.3. The van der Waals surface area contributed by atoms with E-state index in [1.165, 1.54) is 75.5 Å². The summed E-state index contributed by atoms with van der Waals surface area (Å²) in [5.74, 6) is 0. The molecule has 0 bridgehead atoms. The monoisotopic (exact) mass is 634 g/mol. The van der Waals surface area contributed by atoms with Crippen molar-refractivity contribution in [3.63, 3.8) is 0 Å². The van der Waals surface area contributed by atoms with E-state index in [4.69, 9.17) is 0 Å². The molecule has 0 spiro atoms. The minimum atomic E-state index is 0. The molecule has 6 rings (SSSR count). The first-order chi connectivity index (χ1) is 17.5. The van der Waals surface area contributed by atoms with Gasteiger partial charge in [-0.15, -0.1) is 69.4 Å². The topological polar surface area (TPSA) is 0 Å². The molecule has 0 heterocycles. The van der Waals surface area contributed by atoms with Crippen molar-refractivity contribution < 1.29 is 49.0 Å². The summed E-state index contributed by atoms with van der Waals surface area (Å²) < 4.78 is 1.80. The van der Waals surface area contributed by atoms with Crippen LogP contribution in [0.15, 0.2) is 84.9 Å². The molecule has 5 aromatic rings. The summed E-state index contributed by atoms with van der Waals surface area (Å²) in [5, 5.41) is 8.15. The molecular weight excluding hydrogens is 595 g/mol. The van der Waals surface area contributed by atoms with Gasteiger partial charge in [0, 0.05) is 0 Å². The Balaban J connectivity index is 0.000000244. The van der Waals surface area contributed by atoms with Gasteiger partial charge in [-0.1, -0.05) is 83.0 Å². The van der Waals surface area contributed by atoms with Crippen molar-refractivity contribution in [3.8, 4) is 0 Å². The summed E-state index contributed by atoms with van der Waals surface area (Å²) in [6, 6.07) is 30.8. The molecule has 0 nitrogen and oxygen atoms in total. The molecule has 206 valence electrons. The van der Waals surface area contributed by atoms with Crippen LogP contribution < -0.4 is 24.8 Å². The minimum Gasteiger partial charge on any atom is -0.168 e. The number of halogens is 2. The first kappa shape index (κ1) is 33.7. The van der Waals surface area contributed by atoms with Crippen molar-refractivity contribution in [2.24, 2.45) is 0 Å². The van der Waals surface area contributed by atoms with E-state index in [9.17, 15) is 0 Å². The van der Waals surface area contributed by atoms with E-state index >= 15 is 0 Å². The van der Waals surface area contributed by atoms with Crippen LogP contribution in [0.2, 0.25) is 0 Å². The van der Waals surface area contributed by atoms with Crippen molar-refractivity contribution in [1.82, 2.24) is 0 Å². The molecule has 0 unspecified atom stereocenters. The second kappa shape index (κ2) is 14.4. The Morgan fingerprint density at radius 2 is 1.13 bits per heavy atom. The van der Waals surface area contributed by atoms with Crippen LogP contribution in [0, 0.1) is 0 Å². The average molecular weight is 637 g/mol. The van der Waals surface area contributed by atoms with Gasteiger partial charge in [0.25, 0.3) is 0 Å².